The zero-order chi connectivity index (χ0) is 33.1. The molecule has 2 N–H and O–H groups in total. The highest BCUT2D eigenvalue weighted by Gasteiger charge is 1.97. The molecule has 0 aromatic heterocycles. The maximum absolute atomic E-state index is 5.68. The van der Waals surface area contributed by atoms with Gasteiger partial charge in [-0.1, -0.05) is 103 Å². The molecule has 0 heterocycles. The highest BCUT2D eigenvalue weighted by Crippen LogP contribution is 2.13. The van der Waals surface area contributed by atoms with Crippen molar-refractivity contribution in [1.29, 1.82) is 0 Å². The van der Waals surface area contributed by atoms with Crippen LogP contribution in [0.15, 0.2) is 0 Å². The summed E-state index contributed by atoms with van der Waals surface area (Å²) < 4.78 is 49.3. The first-order chi connectivity index (χ1) is 22.9. The molecular weight excluding hydrogens is 590 g/mol. The lowest BCUT2D eigenvalue weighted by Crippen LogP contribution is -2.15. The van der Waals surface area contributed by atoms with Crippen molar-refractivity contribution < 1.29 is 42.6 Å². The van der Waals surface area contributed by atoms with Gasteiger partial charge in [0.25, 0.3) is 0 Å². The molecule has 0 rings (SSSR count). The van der Waals surface area contributed by atoms with Crippen LogP contribution < -0.4 is 5.73 Å². The normalized spacial score (nSPS) is 11.6. The molecule has 0 saturated carbocycles. The Labute approximate surface area is 283 Å². The van der Waals surface area contributed by atoms with E-state index in [0.717, 1.165) is 13.0 Å². The van der Waals surface area contributed by atoms with Gasteiger partial charge in [0.15, 0.2) is 0 Å². The molecule has 278 valence electrons. The van der Waals surface area contributed by atoms with E-state index in [1.165, 1.54) is 96.3 Å². The molecule has 0 aliphatic rings. The summed E-state index contributed by atoms with van der Waals surface area (Å²) in [5, 5.41) is 0. The van der Waals surface area contributed by atoms with Gasteiger partial charge in [0.1, 0.15) is 0 Å². The lowest BCUT2D eigenvalue weighted by molar-refractivity contribution is -0.0249. The van der Waals surface area contributed by atoms with Gasteiger partial charge in [-0.3, -0.25) is 0 Å². The lowest BCUT2D eigenvalue weighted by atomic mass is 10.0. The van der Waals surface area contributed by atoms with Crippen molar-refractivity contribution in [2.75, 3.05) is 125 Å². The Morgan fingerprint density at radius 1 is 0.239 bits per heavy atom. The van der Waals surface area contributed by atoms with Crippen LogP contribution in [0.1, 0.15) is 110 Å². The average molecular weight is 666 g/mol. The first-order valence-corrected chi connectivity index (χ1v) is 18.8. The van der Waals surface area contributed by atoms with Gasteiger partial charge in [-0.25, -0.2) is 0 Å². The Bertz CT molecular complexity index is 476. The molecule has 0 fully saturated rings. The second kappa shape index (κ2) is 44.6. The Kier molecular flexibility index (Phi) is 44.2. The number of rotatable bonds is 43. The van der Waals surface area contributed by atoms with Crippen LogP contribution in [0.5, 0.6) is 0 Å². The minimum absolute atomic E-state index is 0.533. The van der Waals surface area contributed by atoms with Gasteiger partial charge < -0.3 is 48.4 Å². The fraction of sp³-hybridized carbons (Fsp3) is 1.00. The third-order valence-corrected chi connectivity index (χ3v) is 7.38. The van der Waals surface area contributed by atoms with Crippen LogP contribution in [0.3, 0.4) is 0 Å². The van der Waals surface area contributed by atoms with E-state index in [2.05, 4.69) is 6.92 Å². The molecule has 0 amide bonds. The van der Waals surface area contributed by atoms with E-state index in [-0.39, 0.29) is 0 Å². The number of nitrogens with two attached hydrogens (primary N) is 1. The molecular formula is C36H75NO9. The van der Waals surface area contributed by atoms with E-state index >= 15 is 0 Å². The summed E-state index contributed by atoms with van der Waals surface area (Å²) in [5.74, 6) is 0. The average Bonchev–Trinajstić information content (AvgIpc) is 3.07. The van der Waals surface area contributed by atoms with Gasteiger partial charge in [0.05, 0.1) is 112 Å². The second-order valence-electron chi connectivity index (χ2n) is 11.6. The van der Waals surface area contributed by atoms with Crippen LogP contribution in [0.25, 0.3) is 0 Å². The van der Waals surface area contributed by atoms with Crippen LogP contribution in [0.4, 0.5) is 0 Å². The summed E-state index contributed by atoms with van der Waals surface area (Å²) in [6, 6.07) is 0. The quantitative estimate of drug-likeness (QED) is 0.0740. The fourth-order valence-corrected chi connectivity index (χ4v) is 4.70. The number of hydrogen-bond acceptors (Lipinski definition) is 10. The zero-order valence-corrected chi connectivity index (χ0v) is 30.0. The molecule has 0 bridgehead atoms. The molecule has 0 aromatic carbocycles. The monoisotopic (exact) mass is 666 g/mol. The van der Waals surface area contributed by atoms with Crippen molar-refractivity contribution in [2.45, 2.75) is 110 Å². The van der Waals surface area contributed by atoms with E-state index < -0.39 is 0 Å². The van der Waals surface area contributed by atoms with E-state index in [1.54, 1.807) is 0 Å². The lowest BCUT2D eigenvalue weighted by Gasteiger charge is -2.09. The van der Waals surface area contributed by atoms with E-state index in [0.29, 0.717) is 119 Å². The van der Waals surface area contributed by atoms with Crippen LogP contribution in [0.2, 0.25) is 0 Å². The van der Waals surface area contributed by atoms with Crippen molar-refractivity contribution in [2.24, 2.45) is 5.73 Å². The SMILES string of the molecule is CCCCCCCCCCCCCCCCCCOCCOCCOCCOCCOCCOCCOCCOCCOCCN. The van der Waals surface area contributed by atoms with Crippen LogP contribution in [-0.4, -0.2) is 125 Å². The highest BCUT2D eigenvalue weighted by atomic mass is 16.6. The van der Waals surface area contributed by atoms with Crippen molar-refractivity contribution >= 4 is 0 Å². The van der Waals surface area contributed by atoms with Gasteiger partial charge in [0, 0.05) is 13.2 Å². The minimum atomic E-state index is 0.533. The Morgan fingerprint density at radius 3 is 0.674 bits per heavy atom. The predicted octanol–water partition coefficient (Wildman–Crippen LogP) is 6.36. The molecule has 0 aliphatic heterocycles. The summed E-state index contributed by atoms with van der Waals surface area (Å²) >= 11 is 0. The zero-order valence-electron chi connectivity index (χ0n) is 30.0. The first kappa shape index (κ1) is 45.6. The standard InChI is InChI=1S/C36H75NO9/c1-2-3-4-5-6-7-8-9-10-11-12-13-14-15-16-17-19-38-21-23-40-25-27-42-29-31-44-33-35-46-36-34-45-32-30-43-28-26-41-24-22-39-20-18-37/h2-37H2,1H3. The van der Waals surface area contributed by atoms with Gasteiger partial charge in [0.2, 0.25) is 0 Å². The molecule has 10 nitrogen and oxygen atoms in total. The van der Waals surface area contributed by atoms with E-state index in [9.17, 15) is 0 Å². The number of hydrogen-bond donors (Lipinski definition) is 1. The van der Waals surface area contributed by atoms with Gasteiger partial charge in [-0.15, -0.1) is 0 Å². The summed E-state index contributed by atoms with van der Waals surface area (Å²) in [4.78, 5) is 0. The molecule has 0 aromatic rings. The molecule has 0 aliphatic carbocycles. The van der Waals surface area contributed by atoms with Crippen molar-refractivity contribution in [3.63, 3.8) is 0 Å². The number of unbranched alkanes of at least 4 members (excludes halogenated alkanes) is 15. The second-order valence-corrected chi connectivity index (χ2v) is 11.6. The summed E-state index contributed by atoms with van der Waals surface area (Å²) in [6.07, 6.45) is 22.2. The Hall–Kier alpha value is -0.400. The maximum atomic E-state index is 5.68. The summed E-state index contributed by atoms with van der Waals surface area (Å²) in [5.41, 5.74) is 5.34. The third-order valence-electron chi connectivity index (χ3n) is 7.38. The fourth-order valence-electron chi connectivity index (χ4n) is 4.70. The molecule has 0 spiro atoms. The predicted molar refractivity (Wildman–Crippen MR) is 186 cm³/mol. The topological polar surface area (TPSA) is 109 Å². The summed E-state index contributed by atoms with van der Waals surface area (Å²) in [7, 11) is 0. The van der Waals surface area contributed by atoms with Crippen molar-refractivity contribution in [3.8, 4) is 0 Å². The Balaban J connectivity index is 3.03. The molecule has 46 heavy (non-hydrogen) atoms. The van der Waals surface area contributed by atoms with Crippen molar-refractivity contribution in [3.05, 3.63) is 0 Å². The van der Waals surface area contributed by atoms with E-state index in [1.807, 2.05) is 0 Å². The van der Waals surface area contributed by atoms with Gasteiger partial charge in [-0.2, -0.15) is 0 Å². The van der Waals surface area contributed by atoms with Crippen LogP contribution in [-0.2, 0) is 42.6 Å². The van der Waals surface area contributed by atoms with Gasteiger partial charge in [-0.05, 0) is 6.42 Å². The highest BCUT2D eigenvalue weighted by molar-refractivity contribution is 4.50. The molecule has 0 saturated heterocycles. The van der Waals surface area contributed by atoms with Crippen molar-refractivity contribution in [1.82, 2.24) is 0 Å². The Morgan fingerprint density at radius 2 is 0.435 bits per heavy atom. The molecule has 0 atom stereocenters. The number of ether oxygens (including phenoxy) is 9. The third kappa shape index (κ3) is 43.6. The maximum Gasteiger partial charge on any atom is 0.0701 e. The smallest absolute Gasteiger partial charge is 0.0701 e. The van der Waals surface area contributed by atoms with Gasteiger partial charge >= 0.3 is 0 Å². The minimum Gasteiger partial charge on any atom is -0.379 e. The first-order valence-electron chi connectivity index (χ1n) is 18.8. The molecule has 0 radical (unpaired) electrons. The molecule has 0 unspecified atom stereocenters. The molecule has 10 heteroatoms. The summed E-state index contributed by atoms with van der Waals surface area (Å²) in [6.45, 7) is 13.2. The van der Waals surface area contributed by atoms with E-state index in [4.69, 9.17) is 48.4 Å². The van der Waals surface area contributed by atoms with Crippen LogP contribution in [0, 0.1) is 0 Å². The largest absolute Gasteiger partial charge is 0.379 e. The van der Waals surface area contributed by atoms with Crippen LogP contribution >= 0.6 is 0 Å².